The number of hydrogen-bond donors (Lipinski definition) is 0. The number of nitrogens with zero attached hydrogens (tertiary/aromatic N) is 1. The fraction of sp³-hybridized carbons (Fsp3) is 0.682. The van der Waals surface area contributed by atoms with Crippen LogP contribution in [0.1, 0.15) is 25.7 Å². The van der Waals surface area contributed by atoms with Crippen LogP contribution in [0.2, 0.25) is 50.4 Å². The summed E-state index contributed by atoms with van der Waals surface area (Å²) >= 11 is 0. The molecule has 0 aliphatic carbocycles. The van der Waals surface area contributed by atoms with Gasteiger partial charge in [0.05, 0.1) is 0 Å². The summed E-state index contributed by atoms with van der Waals surface area (Å²) in [7, 11) is -4.77. The summed E-state index contributed by atoms with van der Waals surface area (Å²) in [5.41, 5.74) is 0.521. The number of carbonyl (C=O) groups excluding carboxylic acids is 1. The molecule has 2 unspecified atom stereocenters. The zero-order chi connectivity index (χ0) is 23.8. The number of anilines is 1. The molecule has 1 aromatic rings. The molecule has 0 aromatic heterocycles. The van der Waals surface area contributed by atoms with Gasteiger partial charge in [0, 0.05) is 26.9 Å². The van der Waals surface area contributed by atoms with Gasteiger partial charge in [-0.2, -0.15) is 13.2 Å². The Bertz CT molecular complexity index is 721. The molecule has 1 aromatic carbocycles. The van der Waals surface area contributed by atoms with Crippen molar-refractivity contribution in [3.05, 3.63) is 30.3 Å². The number of benzene rings is 1. The summed E-state index contributed by atoms with van der Waals surface area (Å²) in [6.45, 7) is 10.0. The minimum atomic E-state index is -4.50. The van der Waals surface area contributed by atoms with Crippen molar-refractivity contribution in [1.29, 1.82) is 0 Å². The molecule has 4 nitrogen and oxygen atoms in total. The van der Waals surface area contributed by atoms with E-state index in [2.05, 4.69) is 26.2 Å². The van der Waals surface area contributed by atoms with E-state index in [0.29, 0.717) is 25.3 Å². The van der Waals surface area contributed by atoms with E-state index in [-0.39, 0.29) is 0 Å². The molecule has 0 N–H and O–H groups in total. The van der Waals surface area contributed by atoms with Gasteiger partial charge < -0.3 is 13.4 Å². The highest BCUT2D eigenvalue weighted by molar-refractivity contribution is 6.77. The van der Waals surface area contributed by atoms with Crippen molar-refractivity contribution in [3.63, 3.8) is 0 Å². The average Bonchev–Trinajstić information content (AvgIpc) is 2.84. The van der Waals surface area contributed by atoms with Gasteiger partial charge >= 0.3 is 14.7 Å². The number of alkyl halides is 3. The molecule has 0 radical (unpaired) electrons. The molecule has 1 heterocycles. The molecule has 1 fully saturated rings. The minimum Gasteiger partial charge on any atom is -0.439 e. The topological polar surface area (TPSA) is 38.8 Å². The maximum Gasteiger partial charge on any atom is 0.397 e. The van der Waals surface area contributed by atoms with Gasteiger partial charge in [0.15, 0.2) is 9.04 Å². The highest BCUT2D eigenvalue weighted by atomic mass is 28.4. The molecule has 2 atom stereocenters. The second-order valence-electron chi connectivity index (χ2n) is 9.85. The first-order valence-corrected chi connectivity index (χ1v) is 20.0. The van der Waals surface area contributed by atoms with Crippen molar-refractivity contribution < 1.29 is 26.5 Å². The van der Waals surface area contributed by atoms with Crippen LogP contribution in [-0.2, 0) is 13.3 Å². The number of amides is 1. The van der Waals surface area contributed by atoms with Gasteiger partial charge in [0.25, 0.3) is 0 Å². The maximum atomic E-state index is 12.8. The smallest absolute Gasteiger partial charge is 0.397 e. The second-order valence-corrected chi connectivity index (χ2v) is 21.4. The molecule has 2 rings (SSSR count). The summed E-state index contributed by atoms with van der Waals surface area (Å²) < 4.78 is 51.1. The maximum absolute atomic E-state index is 12.8. The molecule has 32 heavy (non-hydrogen) atoms. The van der Waals surface area contributed by atoms with Crippen LogP contribution in [-0.4, -0.2) is 50.9 Å². The third kappa shape index (κ3) is 9.90. The van der Waals surface area contributed by atoms with Gasteiger partial charge in [-0.1, -0.05) is 50.2 Å². The van der Waals surface area contributed by atoms with Gasteiger partial charge in [-0.15, -0.1) is 0 Å². The third-order valence-electron chi connectivity index (χ3n) is 6.08. The van der Waals surface area contributed by atoms with Crippen LogP contribution in [0.4, 0.5) is 18.9 Å². The van der Waals surface area contributed by atoms with Crippen LogP contribution in [0.25, 0.3) is 0 Å². The van der Waals surface area contributed by atoms with Crippen LogP contribution in [0.3, 0.4) is 0 Å². The molecular formula is C22H38F3NO3Si3. The molecule has 0 bridgehead atoms. The SMILES string of the molecule is C[SiH]1CCCC[Si](C)(OCC[Si](C)(C)CCCN(C(=O)CC(F)(F)F)c2ccccc2)O1. The lowest BCUT2D eigenvalue weighted by Crippen LogP contribution is -2.43. The molecule has 10 heteroatoms. The normalized spacial score (nSPS) is 22.4. The molecular weight excluding hydrogens is 467 g/mol. The van der Waals surface area contributed by atoms with E-state index in [1.807, 2.05) is 0 Å². The van der Waals surface area contributed by atoms with E-state index in [4.69, 9.17) is 8.54 Å². The summed E-state index contributed by atoms with van der Waals surface area (Å²) in [5, 5.41) is 0. The third-order valence-corrected chi connectivity index (χ3v) is 16.3. The number of rotatable bonds is 10. The standard InChI is InChI=1S/C22H38F3NO3Si3/c1-30-15-8-9-17-32(4,29-30)28-14-18-31(2,3)16-10-13-26(20-11-6-5-7-12-20)21(27)19-22(23,24)25/h5-7,11-12,30H,8-10,13-19H2,1-4H3. The Hall–Kier alpha value is -0.949. The number of carbonyl (C=O) groups is 1. The summed E-state index contributed by atoms with van der Waals surface area (Å²) in [5.74, 6) is -0.894. The van der Waals surface area contributed by atoms with Crippen molar-refractivity contribution in [3.8, 4) is 0 Å². The molecule has 0 saturated carbocycles. The van der Waals surface area contributed by atoms with E-state index in [1.165, 1.54) is 23.8 Å². The highest BCUT2D eigenvalue weighted by Crippen LogP contribution is 2.28. The lowest BCUT2D eigenvalue weighted by molar-refractivity contribution is -0.151. The first-order chi connectivity index (χ1) is 14.9. The van der Waals surface area contributed by atoms with Crippen molar-refractivity contribution in [2.24, 2.45) is 0 Å². The number of halogens is 3. The largest absolute Gasteiger partial charge is 0.439 e. The van der Waals surface area contributed by atoms with Gasteiger partial charge in [-0.25, -0.2) is 0 Å². The van der Waals surface area contributed by atoms with Crippen LogP contribution >= 0.6 is 0 Å². The Kier molecular flexibility index (Phi) is 10.2. The van der Waals surface area contributed by atoms with Crippen molar-refractivity contribution >= 4 is 37.3 Å². The van der Waals surface area contributed by atoms with Crippen LogP contribution in [0.15, 0.2) is 30.3 Å². The van der Waals surface area contributed by atoms with Gasteiger partial charge in [0.2, 0.25) is 5.91 Å². The lowest BCUT2D eigenvalue weighted by Gasteiger charge is -2.31. The Morgan fingerprint density at radius 3 is 2.56 bits per heavy atom. The monoisotopic (exact) mass is 505 g/mol. The fourth-order valence-corrected chi connectivity index (χ4v) is 13.5. The Morgan fingerprint density at radius 1 is 1.22 bits per heavy atom. The quantitative estimate of drug-likeness (QED) is 0.349. The summed E-state index contributed by atoms with van der Waals surface area (Å²) in [4.78, 5) is 13.6. The van der Waals surface area contributed by atoms with E-state index in [1.54, 1.807) is 30.3 Å². The van der Waals surface area contributed by atoms with Crippen LogP contribution in [0, 0.1) is 0 Å². The fourth-order valence-electron chi connectivity index (χ4n) is 4.18. The number of para-hydroxylation sites is 1. The van der Waals surface area contributed by atoms with Gasteiger partial charge in [0.1, 0.15) is 6.42 Å². The number of hydrogen-bond acceptors (Lipinski definition) is 3. The van der Waals surface area contributed by atoms with E-state index in [0.717, 1.165) is 18.1 Å². The zero-order valence-electron chi connectivity index (χ0n) is 19.8. The Morgan fingerprint density at radius 2 is 1.91 bits per heavy atom. The van der Waals surface area contributed by atoms with E-state index in [9.17, 15) is 18.0 Å². The van der Waals surface area contributed by atoms with Gasteiger partial charge in [-0.3, -0.25) is 4.79 Å². The highest BCUT2D eigenvalue weighted by Gasteiger charge is 2.36. The molecule has 1 aliphatic heterocycles. The molecule has 182 valence electrons. The average molecular weight is 506 g/mol. The molecule has 1 aliphatic rings. The predicted octanol–water partition coefficient (Wildman–Crippen LogP) is 6.32. The van der Waals surface area contributed by atoms with Crippen LogP contribution < -0.4 is 4.90 Å². The van der Waals surface area contributed by atoms with Crippen molar-refractivity contribution in [2.75, 3.05) is 18.1 Å². The summed E-state index contributed by atoms with van der Waals surface area (Å²) in [6, 6.07) is 12.9. The summed E-state index contributed by atoms with van der Waals surface area (Å²) in [6.07, 6.45) is -2.79. The Labute approximate surface area is 194 Å². The first kappa shape index (κ1) is 27.3. The first-order valence-electron chi connectivity index (χ1n) is 11.6. The zero-order valence-corrected chi connectivity index (χ0v) is 23.0. The molecule has 0 spiro atoms. The van der Waals surface area contributed by atoms with E-state index < -0.39 is 44.2 Å². The van der Waals surface area contributed by atoms with Gasteiger partial charge in [-0.05, 0) is 49.8 Å². The molecule has 1 saturated heterocycles. The second kappa shape index (κ2) is 12.0. The van der Waals surface area contributed by atoms with Crippen molar-refractivity contribution in [2.45, 2.75) is 82.2 Å². The molecule has 1 amide bonds. The van der Waals surface area contributed by atoms with Crippen molar-refractivity contribution in [1.82, 2.24) is 0 Å². The minimum absolute atomic E-state index is 0.301. The van der Waals surface area contributed by atoms with Crippen LogP contribution in [0.5, 0.6) is 0 Å². The Balaban J connectivity index is 1.87. The van der Waals surface area contributed by atoms with E-state index >= 15 is 0 Å². The lowest BCUT2D eigenvalue weighted by atomic mass is 10.2. The predicted molar refractivity (Wildman–Crippen MR) is 132 cm³/mol.